The highest BCUT2D eigenvalue weighted by Crippen LogP contribution is 2.30. The molecule has 0 spiro atoms. The Balaban J connectivity index is 1.69. The van der Waals surface area contributed by atoms with E-state index in [1.165, 1.54) is 29.5 Å². The Morgan fingerprint density at radius 3 is 2.78 bits per heavy atom. The number of rotatable bonds is 2. The fraction of sp³-hybridized carbons (Fsp3) is 0.389. The number of halogens is 2. The van der Waals surface area contributed by atoms with Gasteiger partial charge in [-0.25, -0.2) is 14.2 Å². The van der Waals surface area contributed by atoms with E-state index in [0.29, 0.717) is 34.7 Å². The van der Waals surface area contributed by atoms with Crippen molar-refractivity contribution in [2.24, 2.45) is 0 Å². The molecule has 1 N–H and O–H groups in total. The van der Waals surface area contributed by atoms with E-state index < -0.39 is 11.4 Å². The van der Waals surface area contributed by atoms with E-state index in [1.807, 2.05) is 20.8 Å². The van der Waals surface area contributed by atoms with Crippen LogP contribution in [-0.4, -0.2) is 34.0 Å². The van der Waals surface area contributed by atoms with Crippen LogP contribution in [0.4, 0.5) is 14.3 Å². The van der Waals surface area contributed by atoms with Gasteiger partial charge in [0.15, 0.2) is 5.13 Å². The summed E-state index contributed by atoms with van der Waals surface area (Å²) >= 11 is 4.51. The maximum Gasteiger partial charge on any atom is 0.410 e. The number of ether oxygens (including phenoxy) is 1. The van der Waals surface area contributed by atoms with Gasteiger partial charge < -0.3 is 9.64 Å². The monoisotopic (exact) mass is 455 g/mol. The SMILES string of the molecule is CC(C)(C)OC(=O)N1CCc2nc(NC(=O)c3ccc(F)cc3Br)sc2C1. The van der Waals surface area contributed by atoms with Crippen molar-refractivity contribution in [1.82, 2.24) is 9.88 Å². The lowest BCUT2D eigenvalue weighted by Gasteiger charge is -2.29. The van der Waals surface area contributed by atoms with Crippen molar-refractivity contribution in [3.05, 3.63) is 44.6 Å². The van der Waals surface area contributed by atoms with Crippen LogP contribution in [0.3, 0.4) is 0 Å². The molecule has 0 fully saturated rings. The van der Waals surface area contributed by atoms with E-state index in [1.54, 1.807) is 4.90 Å². The van der Waals surface area contributed by atoms with Crippen molar-refractivity contribution in [1.29, 1.82) is 0 Å². The lowest BCUT2D eigenvalue weighted by molar-refractivity contribution is 0.0225. The summed E-state index contributed by atoms with van der Waals surface area (Å²) in [5.41, 5.74) is 0.639. The van der Waals surface area contributed by atoms with Crippen molar-refractivity contribution >= 4 is 44.4 Å². The molecule has 0 saturated carbocycles. The maximum absolute atomic E-state index is 13.2. The Hall–Kier alpha value is -2.00. The van der Waals surface area contributed by atoms with Gasteiger partial charge >= 0.3 is 6.09 Å². The molecule has 1 aliphatic heterocycles. The topological polar surface area (TPSA) is 71.5 Å². The average molecular weight is 456 g/mol. The Morgan fingerprint density at radius 1 is 1.37 bits per heavy atom. The van der Waals surface area contributed by atoms with Gasteiger partial charge in [-0.1, -0.05) is 11.3 Å². The number of nitrogens with zero attached hydrogens (tertiary/aromatic N) is 2. The van der Waals surface area contributed by atoms with Gasteiger partial charge in [0.2, 0.25) is 0 Å². The van der Waals surface area contributed by atoms with E-state index in [0.717, 1.165) is 10.6 Å². The number of aromatic nitrogens is 1. The second-order valence-corrected chi connectivity index (χ2v) is 9.06. The van der Waals surface area contributed by atoms with Crippen LogP contribution in [0.25, 0.3) is 0 Å². The average Bonchev–Trinajstić information content (AvgIpc) is 2.94. The number of benzene rings is 1. The maximum atomic E-state index is 13.2. The number of fused-ring (bicyclic) bond motifs is 1. The van der Waals surface area contributed by atoms with E-state index in [4.69, 9.17) is 4.74 Å². The lowest BCUT2D eigenvalue weighted by Crippen LogP contribution is -2.39. The Kier molecular flexibility index (Phi) is 5.53. The minimum Gasteiger partial charge on any atom is -0.444 e. The highest BCUT2D eigenvalue weighted by molar-refractivity contribution is 9.10. The molecule has 2 heterocycles. The quantitative estimate of drug-likeness (QED) is 0.718. The molecule has 0 unspecified atom stereocenters. The van der Waals surface area contributed by atoms with Crippen molar-refractivity contribution < 1.29 is 18.7 Å². The summed E-state index contributed by atoms with van der Waals surface area (Å²) in [6.45, 7) is 6.40. The zero-order valence-electron chi connectivity index (χ0n) is 15.1. The van der Waals surface area contributed by atoms with E-state index in [2.05, 4.69) is 26.2 Å². The number of anilines is 1. The summed E-state index contributed by atoms with van der Waals surface area (Å²) in [6, 6.07) is 3.87. The van der Waals surface area contributed by atoms with Crippen LogP contribution in [0.1, 0.15) is 41.7 Å². The fourth-order valence-corrected chi connectivity index (χ4v) is 4.12. The zero-order chi connectivity index (χ0) is 19.8. The summed E-state index contributed by atoms with van der Waals surface area (Å²) in [5.74, 6) is -0.803. The van der Waals surface area contributed by atoms with Crippen LogP contribution in [-0.2, 0) is 17.7 Å². The molecule has 9 heteroatoms. The first-order valence-electron chi connectivity index (χ1n) is 8.35. The van der Waals surface area contributed by atoms with Crippen LogP contribution < -0.4 is 5.32 Å². The number of carbonyl (C=O) groups is 2. The van der Waals surface area contributed by atoms with Gasteiger partial charge in [0.05, 0.1) is 17.8 Å². The largest absolute Gasteiger partial charge is 0.444 e. The highest BCUT2D eigenvalue weighted by Gasteiger charge is 2.28. The third-order valence-corrected chi connectivity index (χ3v) is 5.43. The Morgan fingerprint density at radius 2 is 2.11 bits per heavy atom. The first-order chi connectivity index (χ1) is 12.6. The van der Waals surface area contributed by atoms with E-state index >= 15 is 0 Å². The van der Waals surface area contributed by atoms with Gasteiger partial charge in [0.25, 0.3) is 5.91 Å². The molecule has 2 amide bonds. The lowest BCUT2D eigenvalue weighted by atomic mass is 10.2. The van der Waals surface area contributed by atoms with Crippen LogP contribution in [0.2, 0.25) is 0 Å². The smallest absolute Gasteiger partial charge is 0.410 e. The fourth-order valence-electron chi connectivity index (χ4n) is 2.57. The predicted octanol–water partition coefficient (Wildman–Crippen LogP) is 4.59. The number of amides is 2. The van der Waals surface area contributed by atoms with Crippen LogP contribution in [0.15, 0.2) is 22.7 Å². The molecule has 6 nitrogen and oxygen atoms in total. The van der Waals surface area contributed by atoms with Gasteiger partial charge in [-0.2, -0.15) is 0 Å². The second kappa shape index (κ2) is 7.55. The van der Waals surface area contributed by atoms with Gasteiger partial charge in [0, 0.05) is 22.3 Å². The van der Waals surface area contributed by atoms with Gasteiger partial charge in [0.1, 0.15) is 11.4 Å². The molecule has 0 bridgehead atoms. The first kappa shape index (κ1) is 19.8. The van der Waals surface area contributed by atoms with Crippen LogP contribution in [0, 0.1) is 5.82 Å². The zero-order valence-corrected chi connectivity index (χ0v) is 17.5. The van der Waals surface area contributed by atoms with Gasteiger partial charge in [-0.3, -0.25) is 10.1 Å². The predicted molar refractivity (Wildman–Crippen MR) is 105 cm³/mol. The third kappa shape index (κ3) is 4.84. The van der Waals surface area contributed by atoms with Crippen molar-refractivity contribution in [3.63, 3.8) is 0 Å². The summed E-state index contributed by atoms with van der Waals surface area (Å²) in [6.07, 6.45) is 0.239. The van der Waals surface area contributed by atoms with Crippen LogP contribution >= 0.6 is 27.3 Å². The molecule has 1 aliphatic rings. The summed E-state index contributed by atoms with van der Waals surface area (Å²) in [7, 11) is 0. The molecule has 0 aliphatic carbocycles. The molecular weight excluding hydrogens is 437 g/mol. The third-order valence-electron chi connectivity index (χ3n) is 3.78. The molecule has 27 heavy (non-hydrogen) atoms. The second-order valence-electron chi connectivity index (χ2n) is 7.12. The molecule has 2 aromatic rings. The van der Waals surface area contributed by atoms with Crippen molar-refractivity contribution in [2.75, 3.05) is 11.9 Å². The van der Waals surface area contributed by atoms with Crippen molar-refractivity contribution in [3.8, 4) is 0 Å². The molecular formula is C18H19BrFN3O3S. The molecule has 0 atom stereocenters. The Labute approximate surface area is 168 Å². The summed E-state index contributed by atoms with van der Waals surface area (Å²) < 4.78 is 19.0. The van der Waals surface area contributed by atoms with E-state index in [-0.39, 0.29) is 12.0 Å². The number of carbonyl (C=O) groups excluding carboxylic acids is 2. The minimum atomic E-state index is -0.549. The number of hydrogen-bond acceptors (Lipinski definition) is 5. The molecule has 0 saturated heterocycles. The van der Waals surface area contributed by atoms with E-state index in [9.17, 15) is 14.0 Å². The minimum absolute atomic E-state index is 0.319. The summed E-state index contributed by atoms with van der Waals surface area (Å²) in [5, 5.41) is 3.19. The number of nitrogens with one attached hydrogen (secondary N) is 1. The standard InChI is InChI=1S/C18H19BrFN3O3S/c1-18(2,3)26-17(25)23-7-6-13-14(9-23)27-16(21-13)22-15(24)11-5-4-10(20)8-12(11)19/h4-5,8H,6-7,9H2,1-3H3,(H,21,22,24). The molecule has 0 radical (unpaired) electrons. The molecule has 1 aromatic heterocycles. The number of hydrogen-bond donors (Lipinski definition) is 1. The Bertz CT molecular complexity index is 894. The summed E-state index contributed by atoms with van der Waals surface area (Å²) in [4.78, 5) is 31.6. The molecule has 144 valence electrons. The first-order valence-corrected chi connectivity index (χ1v) is 9.96. The van der Waals surface area contributed by atoms with Crippen molar-refractivity contribution in [2.45, 2.75) is 39.3 Å². The molecule has 1 aromatic carbocycles. The van der Waals surface area contributed by atoms with Crippen LogP contribution in [0.5, 0.6) is 0 Å². The van der Waals surface area contributed by atoms with Gasteiger partial charge in [-0.05, 0) is 54.9 Å². The van der Waals surface area contributed by atoms with Gasteiger partial charge in [-0.15, -0.1) is 0 Å². The molecule has 3 rings (SSSR count). The normalized spacial score (nSPS) is 13.9. The number of thiazole rings is 1. The highest BCUT2D eigenvalue weighted by atomic mass is 79.9.